The number of nitrogens with one attached hydrogen (secondary N) is 3. The largest absolute Gasteiger partial charge is 0.472 e. The van der Waals surface area contributed by atoms with Crippen LogP contribution in [-0.4, -0.2) is 41.7 Å². The van der Waals surface area contributed by atoms with Crippen LogP contribution in [0.2, 0.25) is 0 Å². The molecule has 0 aliphatic rings. The molecule has 6 aromatic heterocycles. The molecule has 0 atom stereocenters. The van der Waals surface area contributed by atoms with Gasteiger partial charge in [-0.2, -0.15) is 5.10 Å². The number of aromatic amines is 2. The van der Waals surface area contributed by atoms with Crippen molar-refractivity contribution in [2.24, 2.45) is 0 Å². The molecule has 9 nitrogen and oxygen atoms in total. The van der Waals surface area contributed by atoms with Crippen LogP contribution in [0.4, 0.5) is 0 Å². The average Bonchev–Trinajstić information content (AvgIpc) is 3.61. The van der Waals surface area contributed by atoms with E-state index < -0.39 is 0 Å². The van der Waals surface area contributed by atoms with Gasteiger partial charge in [-0.05, 0) is 36.4 Å². The predicted molar refractivity (Wildman–Crippen MR) is 125 cm³/mol. The van der Waals surface area contributed by atoms with E-state index >= 15 is 0 Å². The van der Waals surface area contributed by atoms with E-state index in [1.165, 1.54) is 0 Å². The maximum atomic E-state index is 5.25. The molecule has 6 aromatic rings. The molecular formula is C24H20N8O. The lowest BCUT2D eigenvalue weighted by Gasteiger charge is -2.05. The fourth-order valence-corrected chi connectivity index (χ4v) is 3.93. The van der Waals surface area contributed by atoms with Crippen LogP contribution in [0.1, 0.15) is 12.5 Å². The fraction of sp³-hybridized carbons (Fsp3) is 0.125. The number of pyridine rings is 3. The fourth-order valence-electron chi connectivity index (χ4n) is 3.93. The Morgan fingerprint density at radius 1 is 1.00 bits per heavy atom. The van der Waals surface area contributed by atoms with Crippen molar-refractivity contribution in [1.82, 2.24) is 40.4 Å². The van der Waals surface area contributed by atoms with Gasteiger partial charge in [-0.25, -0.2) is 15.0 Å². The van der Waals surface area contributed by atoms with E-state index in [0.29, 0.717) is 22.8 Å². The van der Waals surface area contributed by atoms with E-state index in [2.05, 4.69) is 54.5 Å². The van der Waals surface area contributed by atoms with Crippen molar-refractivity contribution in [3.8, 4) is 33.8 Å². The molecule has 0 saturated carbocycles. The second-order valence-corrected chi connectivity index (χ2v) is 7.71. The first kappa shape index (κ1) is 19.3. The van der Waals surface area contributed by atoms with E-state index in [1.54, 1.807) is 18.7 Å². The zero-order valence-electron chi connectivity index (χ0n) is 17.8. The van der Waals surface area contributed by atoms with Gasteiger partial charge in [-0.1, -0.05) is 6.92 Å². The highest BCUT2D eigenvalue weighted by Gasteiger charge is 2.17. The first-order chi connectivity index (χ1) is 16.3. The van der Waals surface area contributed by atoms with Gasteiger partial charge in [0.05, 0.1) is 17.9 Å². The molecule has 162 valence electrons. The number of hydrogen-bond acceptors (Lipinski definition) is 7. The first-order valence-corrected chi connectivity index (χ1v) is 10.7. The summed E-state index contributed by atoms with van der Waals surface area (Å²) in [5, 5.41) is 11.7. The van der Waals surface area contributed by atoms with E-state index in [9.17, 15) is 0 Å². The maximum Gasteiger partial charge on any atom is 0.161 e. The SMILES string of the molecule is CCNCc1cncc(-c2cnc3[nH]nc(-c4nc5c(-c6ccoc6)ccnc5[nH]4)c3c2)c1. The quantitative estimate of drug-likeness (QED) is 0.355. The molecule has 0 bridgehead atoms. The molecule has 0 unspecified atom stereocenters. The van der Waals surface area contributed by atoms with Crippen LogP contribution >= 0.6 is 0 Å². The smallest absolute Gasteiger partial charge is 0.161 e. The third-order valence-electron chi connectivity index (χ3n) is 5.56. The Morgan fingerprint density at radius 2 is 1.94 bits per heavy atom. The topological polar surface area (TPSA) is 121 Å². The number of imidazole rings is 1. The van der Waals surface area contributed by atoms with E-state index in [-0.39, 0.29) is 0 Å². The molecule has 6 rings (SSSR count). The number of nitrogens with zero attached hydrogens (tertiary/aromatic N) is 5. The normalized spacial score (nSPS) is 11.5. The van der Waals surface area contributed by atoms with E-state index in [0.717, 1.165) is 51.8 Å². The van der Waals surface area contributed by atoms with Crippen molar-refractivity contribution in [1.29, 1.82) is 0 Å². The Morgan fingerprint density at radius 3 is 2.82 bits per heavy atom. The summed E-state index contributed by atoms with van der Waals surface area (Å²) in [6.45, 7) is 3.76. The van der Waals surface area contributed by atoms with Crippen LogP contribution in [0.25, 0.3) is 56.0 Å². The highest BCUT2D eigenvalue weighted by Crippen LogP contribution is 2.31. The highest BCUT2D eigenvalue weighted by molar-refractivity contribution is 5.95. The Balaban J connectivity index is 1.44. The lowest BCUT2D eigenvalue weighted by molar-refractivity contribution is 0.568. The van der Waals surface area contributed by atoms with Crippen LogP contribution in [0.5, 0.6) is 0 Å². The van der Waals surface area contributed by atoms with Gasteiger partial charge < -0.3 is 14.7 Å². The third kappa shape index (κ3) is 3.44. The molecule has 33 heavy (non-hydrogen) atoms. The van der Waals surface area contributed by atoms with Crippen molar-refractivity contribution in [3.05, 3.63) is 67.1 Å². The standard InChI is InChI=1S/C24H20N8O/c1-2-25-9-14-7-16(11-26-10-14)17-8-19-21(31-32-22(19)28-12-17)24-29-20-18(15-4-6-33-13-15)3-5-27-23(20)30-24/h3-8,10-13,25H,2,9H2,1H3,(H,27,29,30)(H,28,31,32). The number of fused-ring (bicyclic) bond motifs is 2. The number of furan rings is 1. The van der Waals surface area contributed by atoms with Gasteiger partial charge in [-0.3, -0.25) is 10.1 Å². The molecular weight excluding hydrogens is 416 g/mol. The Kier molecular flexibility index (Phi) is 4.66. The minimum absolute atomic E-state index is 0.623. The maximum absolute atomic E-state index is 5.25. The van der Waals surface area contributed by atoms with Crippen molar-refractivity contribution in [2.75, 3.05) is 6.54 Å². The average molecular weight is 436 g/mol. The Labute approximate surface area is 188 Å². The summed E-state index contributed by atoms with van der Waals surface area (Å²) in [4.78, 5) is 21.5. The molecule has 3 N–H and O–H groups in total. The second-order valence-electron chi connectivity index (χ2n) is 7.71. The Hall–Kier alpha value is -4.37. The molecule has 9 heteroatoms. The summed E-state index contributed by atoms with van der Waals surface area (Å²) in [5.41, 5.74) is 7.79. The lowest BCUT2D eigenvalue weighted by Crippen LogP contribution is -2.11. The predicted octanol–water partition coefficient (Wildman–Crippen LogP) is 4.33. The van der Waals surface area contributed by atoms with Crippen LogP contribution in [0.3, 0.4) is 0 Å². The van der Waals surface area contributed by atoms with Crippen molar-refractivity contribution >= 4 is 22.2 Å². The summed E-state index contributed by atoms with van der Waals surface area (Å²) >= 11 is 0. The van der Waals surface area contributed by atoms with Crippen molar-refractivity contribution in [3.63, 3.8) is 0 Å². The molecule has 0 aliphatic carbocycles. The molecule has 0 radical (unpaired) electrons. The zero-order chi connectivity index (χ0) is 22.2. The minimum Gasteiger partial charge on any atom is -0.472 e. The van der Waals surface area contributed by atoms with Gasteiger partial charge >= 0.3 is 0 Å². The Bertz CT molecular complexity index is 1560. The number of aromatic nitrogens is 7. The summed E-state index contributed by atoms with van der Waals surface area (Å²) in [6, 6.07) is 8.02. The number of H-pyrrole nitrogens is 2. The van der Waals surface area contributed by atoms with Crippen LogP contribution in [0, 0.1) is 0 Å². The van der Waals surface area contributed by atoms with Crippen LogP contribution in [-0.2, 0) is 6.54 Å². The van der Waals surface area contributed by atoms with Gasteiger partial charge in [0.15, 0.2) is 17.1 Å². The summed E-state index contributed by atoms with van der Waals surface area (Å²) in [6.07, 6.45) is 10.6. The first-order valence-electron chi connectivity index (χ1n) is 10.7. The monoisotopic (exact) mass is 436 g/mol. The van der Waals surface area contributed by atoms with Crippen molar-refractivity contribution < 1.29 is 4.42 Å². The molecule has 6 heterocycles. The summed E-state index contributed by atoms with van der Waals surface area (Å²) in [5.74, 6) is 0.623. The van der Waals surface area contributed by atoms with Crippen LogP contribution in [0.15, 0.2) is 66.0 Å². The molecule has 0 aromatic carbocycles. The minimum atomic E-state index is 0.623. The number of hydrogen-bond donors (Lipinski definition) is 3. The van der Waals surface area contributed by atoms with E-state index in [4.69, 9.17) is 9.40 Å². The zero-order valence-corrected chi connectivity index (χ0v) is 17.8. The van der Waals surface area contributed by atoms with Gasteiger partial charge in [0.25, 0.3) is 0 Å². The molecule has 0 aliphatic heterocycles. The van der Waals surface area contributed by atoms with Crippen molar-refractivity contribution in [2.45, 2.75) is 13.5 Å². The lowest BCUT2D eigenvalue weighted by atomic mass is 10.1. The van der Waals surface area contributed by atoms with Gasteiger partial charge in [0, 0.05) is 53.6 Å². The highest BCUT2D eigenvalue weighted by atomic mass is 16.3. The molecule has 0 saturated heterocycles. The van der Waals surface area contributed by atoms with Gasteiger partial charge in [0.1, 0.15) is 11.2 Å². The summed E-state index contributed by atoms with van der Waals surface area (Å²) < 4.78 is 5.25. The van der Waals surface area contributed by atoms with Gasteiger partial charge in [-0.15, -0.1) is 0 Å². The van der Waals surface area contributed by atoms with Gasteiger partial charge in [0.2, 0.25) is 0 Å². The van der Waals surface area contributed by atoms with Crippen LogP contribution < -0.4 is 5.32 Å². The second kappa shape index (κ2) is 7.95. The molecule has 0 spiro atoms. The third-order valence-corrected chi connectivity index (χ3v) is 5.56. The molecule has 0 fully saturated rings. The molecule has 0 amide bonds. The summed E-state index contributed by atoms with van der Waals surface area (Å²) in [7, 11) is 0. The number of rotatable bonds is 6. The van der Waals surface area contributed by atoms with E-state index in [1.807, 2.05) is 30.7 Å².